The molecular formula is C21H31N3O4S. The minimum Gasteiger partial charge on any atom is -0.495 e. The van der Waals surface area contributed by atoms with E-state index >= 15 is 0 Å². The molecule has 2 aromatic rings. The molecule has 0 unspecified atom stereocenters. The first-order valence-corrected chi connectivity index (χ1v) is 11.7. The Morgan fingerprint density at radius 3 is 2.52 bits per heavy atom. The van der Waals surface area contributed by atoms with Crippen molar-refractivity contribution < 1.29 is 17.7 Å². The van der Waals surface area contributed by atoms with Crippen molar-refractivity contribution in [1.29, 1.82) is 0 Å². The molecule has 3 rings (SSSR count). The number of aromatic nitrogens is 1. The molecule has 8 heteroatoms. The molecule has 29 heavy (non-hydrogen) atoms. The van der Waals surface area contributed by atoms with E-state index < -0.39 is 10.0 Å². The molecule has 1 aliphatic rings. The zero-order valence-corrected chi connectivity index (χ0v) is 18.3. The van der Waals surface area contributed by atoms with Gasteiger partial charge in [-0.2, -0.15) is 0 Å². The second-order valence-electron chi connectivity index (χ2n) is 7.59. The van der Waals surface area contributed by atoms with Gasteiger partial charge in [-0.1, -0.05) is 18.0 Å². The van der Waals surface area contributed by atoms with Crippen LogP contribution in [0, 0.1) is 13.8 Å². The van der Waals surface area contributed by atoms with Gasteiger partial charge in [0.15, 0.2) is 5.76 Å². The lowest BCUT2D eigenvalue weighted by molar-refractivity contribution is 0.282. The van der Waals surface area contributed by atoms with Crippen molar-refractivity contribution in [3.8, 4) is 17.1 Å². The van der Waals surface area contributed by atoms with Gasteiger partial charge in [-0.3, -0.25) is 0 Å². The zero-order chi connectivity index (χ0) is 20.9. The zero-order valence-electron chi connectivity index (χ0n) is 17.5. The average Bonchev–Trinajstić information content (AvgIpc) is 2.90. The number of hydrogen-bond donors (Lipinski definition) is 1. The Kier molecular flexibility index (Phi) is 7.32. The predicted molar refractivity (Wildman–Crippen MR) is 113 cm³/mol. The lowest BCUT2D eigenvalue weighted by Gasteiger charge is -2.19. The van der Waals surface area contributed by atoms with Crippen LogP contribution in [0.15, 0.2) is 27.6 Å². The van der Waals surface area contributed by atoms with E-state index in [0.717, 1.165) is 37.3 Å². The molecule has 0 radical (unpaired) electrons. The Morgan fingerprint density at radius 2 is 1.90 bits per heavy atom. The summed E-state index contributed by atoms with van der Waals surface area (Å²) >= 11 is 0. The van der Waals surface area contributed by atoms with E-state index in [1.165, 1.54) is 32.8 Å². The highest BCUT2D eigenvalue weighted by atomic mass is 32.2. The molecule has 0 saturated carbocycles. The minimum atomic E-state index is -3.71. The van der Waals surface area contributed by atoms with Gasteiger partial charge in [-0.25, -0.2) is 13.1 Å². The van der Waals surface area contributed by atoms with Crippen LogP contribution in [0.5, 0.6) is 5.75 Å². The molecule has 1 N–H and O–H groups in total. The van der Waals surface area contributed by atoms with E-state index in [-0.39, 0.29) is 4.90 Å². The Hall–Kier alpha value is -1.90. The van der Waals surface area contributed by atoms with Crippen LogP contribution in [0.25, 0.3) is 11.3 Å². The lowest BCUT2D eigenvalue weighted by atomic mass is 10.1. The van der Waals surface area contributed by atoms with Gasteiger partial charge in [-0.15, -0.1) is 0 Å². The minimum absolute atomic E-state index is 0.112. The highest BCUT2D eigenvalue weighted by Gasteiger charge is 2.22. The molecule has 1 fully saturated rings. The Bertz CT molecular complexity index is 916. The number of benzene rings is 1. The van der Waals surface area contributed by atoms with Crippen molar-refractivity contribution in [2.75, 3.05) is 33.3 Å². The Balaban J connectivity index is 1.69. The summed E-state index contributed by atoms with van der Waals surface area (Å²) in [4.78, 5) is 2.54. The van der Waals surface area contributed by atoms with E-state index in [1.807, 2.05) is 13.8 Å². The molecule has 2 heterocycles. The molecule has 1 saturated heterocycles. The fourth-order valence-electron chi connectivity index (χ4n) is 3.66. The van der Waals surface area contributed by atoms with Gasteiger partial charge in [0.25, 0.3) is 0 Å². The van der Waals surface area contributed by atoms with E-state index in [0.29, 0.717) is 23.6 Å². The van der Waals surface area contributed by atoms with Crippen molar-refractivity contribution >= 4 is 10.0 Å². The Morgan fingerprint density at radius 1 is 1.17 bits per heavy atom. The first-order chi connectivity index (χ1) is 13.9. The van der Waals surface area contributed by atoms with Crippen LogP contribution < -0.4 is 9.46 Å². The Labute approximate surface area is 173 Å². The van der Waals surface area contributed by atoms with E-state index in [4.69, 9.17) is 9.26 Å². The van der Waals surface area contributed by atoms with Crippen LogP contribution in [0.3, 0.4) is 0 Å². The van der Waals surface area contributed by atoms with Gasteiger partial charge < -0.3 is 14.2 Å². The van der Waals surface area contributed by atoms with Gasteiger partial charge >= 0.3 is 0 Å². The third kappa shape index (κ3) is 5.38. The van der Waals surface area contributed by atoms with Crippen LogP contribution in [-0.4, -0.2) is 51.8 Å². The lowest BCUT2D eigenvalue weighted by Crippen LogP contribution is -2.30. The summed E-state index contributed by atoms with van der Waals surface area (Å²) in [7, 11) is -2.24. The number of hydrogen-bond acceptors (Lipinski definition) is 6. The summed E-state index contributed by atoms with van der Waals surface area (Å²) in [6, 6.07) is 5.02. The molecule has 1 aromatic carbocycles. The fraction of sp³-hybridized carbons (Fsp3) is 0.571. The van der Waals surface area contributed by atoms with Gasteiger partial charge in [0.05, 0.1) is 12.8 Å². The molecule has 7 nitrogen and oxygen atoms in total. The van der Waals surface area contributed by atoms with Crippen LogP contribution in [-0.2, 0) is 10.0 Å². The van der Waals surface area contributed by atoms with Crippen molar-refractivity contribution in [3.63, 3.8) is 0 Å². The van der Waals surface area contributed by atoms with Crippen LogP contribution >= 0.6 is 0 Å². The topological polar surface area (TPSA) is 84.7 Å². The third-order valence-electron chi connectivity index (χ3n) is 5.51. The number of aryl methyl sites for hydroxylation is 1. The van der Waals surface area contributed by atoms with Crippen LogP contribution in [0.2, 0.25) is 0 Å². The second kappa shape index (κ2) is 9.73. The summed E-state index contributed by atoms with van der Waals surface area (Å²) in [6.07, 6.45) is 5.83. The van der Waals surface area contributed by atoms with E-state index in [1.54, 1.807) is 18.2 Å². The highest BCUT2D eigenvalue weighted by molar-refractivity contribution is 7.89. The van der Waals surface area contributed by atoms with Crippen molar-refractivity contribution in [1.82, 2.24) is 14.8 Å². The average molecular weight is 422 g/mol. The number of methoxy groups -OCH3 is 1. The second-order valence-corrected chi connectivity index (χ2v) is 9.33. The smallest absolute Gasteiger partial charge is 0.244 e. The van der Waals surface area contributed by atoms with Crippen molar-refractivity contribution in [2.45, 2.75) is 50.8 Å². The summed E-state index contributed by atoms with van der Waals surface area (Å²) < 4.78 is 39.3. The maximum absolute atomic E-state index is 12.9. The number of nitrogens with zero attached hydrogens (tertiary/aromatic N) is 2. The predicted octanol–water partition coefficient (Wildman–Crippen LogP) is 3.51. The number of ether oxygens (including phenoxy) is 1. The number of sulfonamides is 1. The summed E-state index contributed by atoms with van der Waals surface area (Å²) in [5.41, 5.74) is 2.34. The first-order valence-electron chi connectivity index (χ1n) is 10.3. The van der Waals surface area contributed by atoms with Crippen LogP contribution in [0.4, 0.5) is 0 Å². The fourth-order valence-corrected chi connectivity index (χ4v) is 4.93. The van der Waals surface area contributed by atoms with Gasteiger partial charge in [0, 0.05) is 17.7 Å². The maximum atomic E-state index is 12.9. The summed E-state index contributed by atoms with van der Waals surface area (Å²) in [5, 5.41) is 3.96. The molecule has 0 spiro atoms. The number of rotatable bonds is 8. The monoisotopic (exact) mass is 421 g/mol. The highest BCUT2D eigenvalue weighted by Crippen LogP contribution is 2.32. The number of likely N-dealkylation sites (tertiary alicyclic amines) is 1. The molecule has 0 bridgehead atoms. The molecule has 0 atom stereocenters. The normalized spacial score (nSPS) is 16.0. The third-order valence-corrected chi connectivity index (χ3v) is 7.00. The van der Waals surface area contributed by atoms with E-state index in [9.17, 15) is 8.42 Å². The molecule has 1 aromatic heterocycles. The molecule has 160 valence electrons. The molecule has 0 amide bonds. The maximum Gasteiger partial charge on any atom is 0.244 e. The molecule has 1 aliphatic heterocycles. The number of nitrogens with one attached hydrogen (secondary N) is 1. The van der Waals surface area contributed by atoms with Crippen molar-refractivity contribution in [3.05, 3.63) is 29.5 Å². The first kappa shape index (κ1) is 21.8. The standard InChI is InChI=1S/C21H31N3O4S/c1-16-17(2)23-28-21(16)18-9-10-19(27-3)20(15-18)29(25,26)22-11-8-14-24-12-6-4-5-7-13-24/h9-10,15,22H,4-8,11-14H2,1-3H3. The molecule has 0 aliphatic carbocycles. The van der Waals surface area contributed by atoms with Gasteiger partial charge in [0.1, 0.15) is 10.6 Å². The van der Waals surface area contributed by atoms with Gasteiger partial charge in [-0.05, 0) is 70.9 Å². The largest absolute Gasteiger partial charge is 0.495 e. The molecular weight excluding hydrogens is 390 g/mol. The quantitative estimate of drug-likeness (QED) is 0.657. The summed E-state index contributed by atoms with van der Waals surface area (Å²) in [5.74, 6) is 0.880. The van der Waals surface area contributed by atoms with Gasteiger partial charge in [0.2, 0.25) is 10.0 Å². The van der Waals surface area contributed by atoms with E-state index in [2.05, 4.69) is 14.8 Å². The SMILES string of the molecule is COc1ccc(-c2onc(C)c2C)cc1S(=O)(=O)NCCCN1CCCCCC1. The van der Waals surface area contributed by atoms with Crippen LogP contribution in [0.1, 0.15) is 43.4 Å². The van der Waals surface area contributed by atoms with Crippen molar-refractivity contribution in [2.24, 2.45) is 0 Å². The summed E-state index contributed by atoms with van der Waals surface area (Å²) in [6.45, 7) is 7.29.